The first-order chi connectivity index (χ1) is 11.9. The summed E-state index contributed by atoms with van der Waals surface area (Å²) in [5.74, 6) is -0.476. The van der Waals surface area contributed by atoms with Crippen molar-refractivity contribution in [1.82, 2.24) is 14.9 Å². The average Bonchev–Trinajstić information content (AvgIpc) is 3.34. The van der Waals surface area contributed by atoms with Crippen LogP contribution in [-0.2, 0) is 19.6 Å². The van der Waals surface area contributed by atoms with Gasteiger partial charge in [-0.05, 0) is 31.9 Å². The molecule has 3 rings (SSSR count). The summed E-state index contributed by atoms with van der Waals surface area (Å²) >= 11 is 0. The molecule has 2 aliphatic rings. The highest BCUT2D eigenvalue weighted by Gasteiger charge is 2.41. The van der Waals surface area contributed by atoms with Crippen LogP contribution < -0.4 is 10.0 Å². The molecule has 2 amide bonds. The summed E-state index contributed by atoms with van der Waals surface area (Å²) in [4.78, 5) is 26.0. The molecular formula is C17H23N3O4S. The molecule has 1 aromatic rings. The molecule has 7 nitrogen and oxygen atoms in total. The Morgan fingerprint density at radius 3 is 2.52 bits per heavy atom. The standard InChI is InChI=1S/C17H23N3O4S/c1-12-2-6-15(7-3-12)25(23,24)19-9-8-18-17(22)13-10-16(21)20(11-13)14-4-5-14/h2-3,6-7,13-14,19H,4-5,8-11H2,1H3,(H,18,22). The first-order valence-corrected chi connectivity index (χ1v) is 9.98. The molecule has 1 aliphatic carbocycles. The number of amides is 2. The van der Waals surface area contributed by atoms with Gasteiger partial charge < -0.3 is 10.2 Å². The second-order valence-electron chi connectivity index (χ2n) is 6.68. The monoisotopic (exact) mass is 365 g/mol. The quantitative estimate of drug-likeness (QED) is 0.684. The minimum Gasteiger partial charge on any atom is -0.354 e. The first-order valence-electron chi connectivity index (χ1n) is 8.50. The van der Waals surface area contributed by atoms with Gasteiger partial charge in [0.25, 0.3) is 0 Å². The van der Waals surface area contributed by atoms with Crippen molar-refractivity contribution in [3.05, 3.63) is 29.8 Å². The lowest BCUT2D eigenvalue weighted by atomic mass is 10.1. The van der Waals surface area contributed by atoms with Gasteiger partial charge in [0.15, 0.2) is 0 Å². The van der Waals surface area contributed by atoms with E-state index in [9.17, 15) is 18.0 Å². The normalized spacial score (nSPS) is 20.8. The molecule has 0 bridgehead atoms. The van der Waals surface area contributed by atoms with E-state index >= 15 is 0 Å². The number of rotatable bonds is 7. The zero-order valence-corrected chi connectivity index (χ0v) is 15.0. The molecule has 0 radical (unpaired) electrons. The lowest BCUT2D eigenvalue weighted by Gasteiger charge is -2.15. The van der Waals surface area contributed by atoms with Gasteiger partial charge in [-0.25, -0.2) is 13.1 Å². The van der Waals surface area contributed by atoms with Gasteiger partial charge in [0.05, 0.1) is 10.8 Å². The van der Waals surface area contributed by atoms with Gasteiger partial charge in [0, 0.05) is 32.1 Å². The van der Waals surface area contributed by atoms with Crippen molar-refractivity contribution in [3.8, 4) is 0 Å². The van der Waals surface area contributed by atoms with Crippen LogP contribution in [0.1, 0.15) is 24.8 Å². The Labute approximate surface area is 147 Å². The number of nitrogens with one attached hydrogen (secondary N) is 2. The fraction of sp³-hybridized carbons (Fsp3) is 0.529. The Kier molecular flexibility index (Phi) is 5.10. The van der Waals surface area contributed by atoms with Crippen LogP contribution in [0.25, 0.3) is 0 Å². The van der Waals surface area contributed by atoms with Crippen LogP contribution in [0.15, 0.2) is 29.2 Å². The summed E-state index contributed by atoms with van der Waals surface area (Å²) in [6.45, 7) is 2.66. The molecule has 1 saturated heterocycles. The molecule has 1 saturated carbocycles. The van der Waals surface area contributed by atoms with E-state index in [1.807, 2.05) is 6.92 Å². The number of likely N-dealkylation sites (tertiary alicyclic amines) is 1. The molecule has 1 unspecified atom stereocenters. The molecule has 1 atom stereocenters. The highest BCUT2D eigenvalue weighted by molar-refractivity contribution is 7.89. The van der Waals surface area contributed by atoms with Crippen molar-refractivity contribution in [2.45, 2.75) is 37.1 Å². The molecule has 1 heterocycles. The molecule has 0 aromatic heterocycles. The van der Waals surface area contributed by atoms with Crippen molar-refractivity contribution in [1.29, 1.82) is 0 Å². The maximum absolute atomic E-state index is 12.1. The largest absolute Gasteiger partial charge is 0.354 e. The predicted molar refractivity (Wildman–Crippen MR) is 92.2 cm³/mol. The van der Waals surface area contributed by atoms with Crippen molar-refractivity contribution < 1.29 is 18.0 Å². The van der Waals surface area contributed by atoms with Crippen LogP contribution >= 0.6 is 0 Å². The van der Waals surface area contributed by atoms with Gasteiger partial charge in [-0.1, -0.05) is 17.7 Å². The lowest BCUT2D eigenvalue weighted by molar-refractivity contribution is -0.129. The zero-order chi connectivity index (χ0) is 18.0. The number of aryl methyl sites for hydroxylation is 1. The Bertz CT molecular complexity index is 757. The van der Waals surface area contributed by atoms with E-state index in [1.165, 1.54) is 0 Å². The van der Waals surface area contributed by atoms with Gasteiger partial charge in [-0.15, -0.1) is 0 Å². The van der Waals surface area contributed by atoms with Gasteiger partial charge in [0.2, 0.25) is 21.8 Å². The molecule has 2 N–H and O–H groups in total. The third kappa shape index (κ3) is 4.38. The SMILES string of the molecule is Cc1ccc(S(=O)(=O)NCCNC(=O)C2CC(=O)N(C3CC3)C2)cc1. The third-order valence-corrected chi connectivity index (χ3v) is 6.04. The Morgan fingerprint density at radius 1 is 1.20 bits per heavy atom. The van der Waals surface area contributed by atoms with Crippen LogP contribution in [0.5, 0.6) is 0 Å². The van der Waals surface area contributed by atoms with Gasteiger partial charge in [-0.3, -0.25) is 9.59 Å². The first kappa shape index (κ1) is 17.9. The number of hydrogen-bond donors (Lipinski definition) is 2. The van der Waals surface area contributed by atoms with Crippen molar-refractivity contribution in [2.24, 2.45) is 5.92 Å². The highest BCUT2D eigenvalue weighted by Crippen LogP contribution is 2.32. The van der Waals surface area contributed by atoms with E-state index in [2.05, 4.69) is 10.0 Å². The summed E-state index contributed by atoms with van der Waals surface area (Å²) in [5, 5.41) is 2.71. The van der Waals surface area contributed by atoms with Crippen molar-refractivity contribution in [3.63, 3.8) is 0 Å². The van der Waals surface area contributed by atoms with E-state index in [4.69, 9.17) is 0 Å². The molecule has 2 fully saturated rings. The fourth-order valence-corrected chi connectivity index (χ4v) is 3.99. The van der Waals surface area contributed by atoms with Crippen LogP contribution in [0.3, 0.4) is 0 Å². The smallest absolute Gasteiger partial charge is 0.240 e. The number of carbonyl (C=O) groups is 2. The Balaban J connectivity index is 1.43. The molecular weight excluding hydrogens is 342 g/mol. The number of hydrogen-bond acceptors (Lipinski definition) is 4. The predicted octanol–water partition coefficient (Wildman–Crippen LogP) is 0.400. The second-order valence-corrected chi connectivity index (χ2v) is 8.45. The number of benzene rings is 1. The number of nitrogens with zero attached hydrogens (tertiary/aromatic N) is 1. The summed E-state index contributed by atoms with van der Waals surface area (Å²) in [5.41, 5.74) is 0.984. The second kappa shape index (κ2) is 7.13. The van der Waals surface area contributed by atoms with E-state index in [-0.39, 0.29) is 42.1 Å². The lowest BCUT2D eigenvalue weighted by Crippen LogP contribution is -2.38. The fourth-order valence-electron chi connectivity index (χ4n) is 2.96. The highest BCUT2D eigenvalue weighted by atomic mass is 32.2. The molecule has 1 aromatic carbocycles. The van der Waals surface area contributed by atoms with Crippen molar-refractivity contribution in [2.75, 3.05) is 19.6 Å². The topological polar surface area (TPSA) is 95.6 Å². The Morgan fingerprint density at radius 2 is 1.88 bits per heavy atom. The zero-order valence-electron chi connectivity index (χ0n) is 14.2. The molecule has 0 spiro atoms. The third-order valence-electron chi connectivity index (χ3n) is 4.56. The minimum atomic E-state index is -3.58. The van der Waals surface area contributed by atoms with Gasteiger partial charge in [0.1, 0.15) is 0 Å². The Hall–Kier alpha value is -1.93. The number of sulfonamides is 1. The van der Waals surface area contributed by atoms with Gasteiger partial charge in [-0.2, -0.15) is 0 Å². The molecule has 25 heavy (non-hydrogen) atoms. The minimum absolute atomic E-state index is 0.0442. The maximum Gasteiger partial charge on any atom is 0.240 e. The summed E-state index contributed by atoms with van der Waals surface area (Å²) in [7, 11) is -3.58. The average molecular weight is 365 g/mol. The summed E-state index contributed by atoms with van der Waals surface area (Å²) < 4.78 is 26.7. The van der Waals surface area contributed by atoms with E-state index in [0.717, 1.165) is 18.4 Å². The van der Waals surface area contributed by atoms with Gasteiger partial charge >= 0.3 is 0 Å². The molecule has 8 heteroatoms. The van der Waals surface area contributed by atoms with Crippen LogP contribution in [0, 0.1) is 12.8 Å². The molecule has 136 valence electrons. The molecule has 1 aliphatic heterocycles. The van der Waals surface area contributed by atoms with Crippen LogP contribution in [0.2, 0.25) is 0 Å². The summed E-state index contributed by atoms with van der Waals surface area (Å²) in [6, 6.07) is 6.89. The number of carbonyl (C=O) groups excluding carboxylic acids is 2. The van der Waals surface area contributed by atoms with E-state index < -0.39 is 10.0 Å². The van der Waals surface area contributed by atoms with E-state index in [0.29, 0.717) is 12.6 Å². The van der Waals surface area contributed by atoms with E-state index in [1.54, 1.807) is 29.2 Å². The van der Waals surface area contributed by atoms with Crippen molar-refractivity contribution >= 4 is 21.8 Å². The van der Waals surface area contributed by atoms with Crippen LogP contribution in [0.4, 0.5) is 0 Å². The summed E-state index contributed by atoms with van der Waals surface area (Å²) in [6.07, 6.45) is 2.30. The maximum atomic E-state index is 12.1. The van der Waals surface area contributed by atoms with Crippen LogP contribution in [-0.4, -0.2) is 50.8 Å².